The Morgan fingerprint density at radius 3 is 2.62 bits per heavy atom. The van der Waals surface area contributed by atoms with E-state index in [2.05, 4.69) is 23.6 Å². The van der Waals surface area contributed by atoms with Gasteiger partial charge in [-0.1, -0.05) is 19.8 Å². The molecule has 21 heavy (non-hydrogen) atoms. The van der Waals surface area contributed by atoms with Crippen LogP contribution in [-0.2, 0) is 10.0 Å². The van der Waals surface area contributed by atoms with Gasteiger partial charge in [0, 0.05) is 18.8 Å². The van der Waals surface area contributed by atoms with Crippen LogP contribution in [0, 0.1) is 5.92 Å². The number of nitrogen functional groups attached to an aromatic ring is 1. The molecule has 1 aromatic rings. The third-order valence-corrected chi connectivity index (χ3v) is 5.90. The number of nitrogens with one attached hydrogen (secondary N) is 1. The summed E-state index contributed by atoms with van der Waals surface area (Å²) in [6.07, 6.45) is 4.90. The molecule has 1 aromatic carbocycles. The van der Waals surface area contributed by atoms with Gasteiger partial charge in [0.1, 0.15) is 4.90 Å². The van der Waals surface area contributed by atoms with Crippen molar-refractivity contribution in [2.24, 2.45) is 5.92 Å². The Kier molecular flexibility index (Phi) is 4.78. The highest BCUT2D eigenvalue weighted by Crippen LogP contribution is 2.31. The maximum atomic E-state index is 11.8. The smallest absolute Gasteiger partial charge is 0.242 e. The summed E-state index contributed by atoms with van der Waals surface area (Å²) in [5.41, 5.74) is 7.20. The van der Waals surface area contributed by atoms with Crippen LogP contribution < -0.4 is 15.4 Å². The van der Waals surface area contributed by atoms with Gasteiger partial charge in [0.25, 0.3) is 0 Å². The number of rotatable bonds is 4. The average molecular weight is 311 g/mol. The molecule has 0 spiro atoms. The first-order chi connectivity index (χ1) is 9.85. The molecule has 6 heteroatoms. The van der Waals surface area contributed by atoms with Crippen molar-refractivity contribution in [1.29, 1.82) is 0 Å². The number of nitrogens with zero attached hydrogens (tertiary/aromatic N) is 1. The Bertz CT molecular complexity index is 601. The van der Waals surface area contributed by atoms with E-state index in [9.17, 15) is 8.42 Å². The fraction of sp³-hybridized carbons (Fsp3) is 0.600. The summed E-state index contributed by atoms with van der Waals surface area (Å²) in [7, 11) is -0.0521. The minimum atomic E-state index is -3.50. The topological polar surface area (TPSA) is 75.4 Å². The lowest BCUT2D eigenvalue weighted by Gasteiger charge is -2.35. The molecule has 1 aliphatic rings. The maximum absolute atomic E-state index is 11.8. The average Bonchev–Trinajstić information content (AvgIpc) is 2.46. The molecule has 0 saturated heterocycles. The Morgan fingerprint density at radius 1 is 1.33 bits per heavy atom. The van der Waals surface area contributed by atoms with E-state index in [4.69, 9.17) is 5.73 Å². The molecule has 0 radical (unpaired) electrons. The quantitative estimate of drug-likeness (QED) is 0.836. The second-order valence-corrected chi connectivity index (χ2v) is 7.82. The van der Waals surface area contributed by atoms with E-state index in [-0.39, 0.29) is 10.6 Å². The Hall–Kier alpha value is -1.27. The molecular formula is C15H25N3O2S. The highest BCUT2D eigenvalue weighted by molar-refractivity contribution is 7.89. The van der Waals surface area contributed by atoms with Crippen molar-refractivity contribution in [3.63, 3.8) is 0 Å². The van der Waals surface area contributed by atoms with E-state index in [1.165, 1.54) is 32.7 Å². The predicted molar refractivity (Wildman–Crippen MR) is 86.9 cm³/mol. The minimum absolute atomic E-state index is 0.138. The van der Waals surface area contributed by atoms with Crippen LogP contribution in [0.2, 0.25) is 0 Å². The van der Waals surface area contributed by atoms with Gasteiger partial charge in [0.15, 0.2) is 0 Å². The van der Waals surface area contributed by atoms with Gasteiger partial charge in [0.2, 0.25) is 10.0 Å². The van der Waals surface area contributed by atoms with Crippen LogP contribution in [-0.4, -0.2) is 28.6 Å². The van der Waals surface area contributed by atoms with E-state index in [0.717, 1.165) is 11.6 Å². The van der Waals surface area contributed by atoms with Crippen LogP contribution in [0.25, 0.3) is 0 Å². The molecule has 2 rings (SSSR count). The van der Waals surface area contributed by atoms with Crippen molar-refractivity contribution in [2.45, 2.75) is 43.5 Å². The molecule has 3 N–H and O–H groups in total. The van der Waals surface area contributed by atoms with Crippen molar-refractivity contribution in [2.75, 3.05) is 24.7 Å². The summed E-state index contributed by atoms with van der Waals surface area (Å²) >= 11 is 0. The van der Waals surface area contributed by atoms with Gasteiger partial charge in [-0.25, -0.2) is 13.1 Å². The van der Waals surface area contributed by atoms with Gasteiger partial charge in [-0.2, -0.15) is 0 Å². The van der Waals surface area contributed by atoms with Crippen LogP contribution in [0.15, 0.2) is 23.1 Å². The molecule has 2 atom stereocenters. The molecule has 0 heterocycles. The zero-order chi connectivity index (χ0) is 15.6. The van der Waals surface area contributed by atoms with Crippen LogP contribution in [0.1, 0.15) is 32.6 Å². The molecule has 5 nitrogen and oxygen atoms in total. The third-order valence-electron chi connectivity index (χ3n) is 4.42. The first-order valence-corrected chi connectivity index (χ1v) is 8.89. The minimum Gasteiger partial charge on any atom is -0.398 e. The van der Waals surface area contributed by atoms with E-state index in [1.54, 1.807) is 12.1 Å². The summed E-state index contributed by atoms with van der Waals surface area (Å²) in [5, 5.41) is 0. The lowest BCUT2D eigenvalue weighted by molar-refractivity contribution is 0.336. The van der Waals surface area contributed by atoms with Gasteiger partial charge in [-0.3, -0.25) is 0 Å². The molecule has 0 bridgehead atoms. The number of hydrogen-bond donors (Lipinski definition) is 2. The zero-order valence-corrected chi connectivity index (χ0v) is 13.8. The number of benzene rings is 1. The Morgan fingerprint density at radius 2 is 2.05 bits per heavy atom. The fourth-order valence-corrected chi connectivity index (χ4v) is 3.91. The van der Waals surface area contributed by atoms with E-state index in [1.807, 2.05) is 6.07 Å². The largest absolute Gasteiger partial charge is 0.398 e. The lowest BCUT2D eigenvalue weighted by atomic mass is 9.86. The van der Waals surface area contributed by atoms with Gasteiger partial charge >= 0.3 is 0 Å². The Labute approximate surface area is 127 Å². The predicted octanol–water partition coefficient (Wildman–Crippen LogP) is 2.19. The van der Waals surface area contributed by atoms with Gasteiger partial charge in [-0.15, -0.1) is 0 Å². The van der Waals surface area contributed by atoms with Crippen molar-refractivity contribution >= 4 is 21.4 Å². The van der Waals surface area contributed by atoms with Crippen molar-refractivity contribution in [1.82, 2.24) is 4.72 Å². The molecule has 1 saturated carbocycles. The van der Waals surface area contributed by atoms with Gasteiger partial charge in [0.05, 0.1) is 5.69 Å². The first-order valence-electron chi connectivity index (χ1n) is 7.41. The number of sulfonamides is 1. The Balaban J connectivity index is 2.23. The SMILES string of the molecule is CNS(=O)(=O)c1ccc(N(C)C2CCCC(C)C2)cc1N. The molecule has 1 fully saturated rings. The summed E-state index contributed by atoms with van der Waals surface area (Å²) in [6, 6.07) is 5.67. The van der Waals surface area contributed by atoms with Crippen LogP contribution >= 0.6 is 0 Å². The van der Waals surface area contributed by atoms with Gasteiger partial charge < -0.3 is 10.6 Å². The monoisotopic (exact) mass is 311 g/mol. The zero-order valence-electron chi connectivity index (χ0n) is 13.0. The van der Waals surface area contributed by atoms with Gasteiger partial charge in [-0.05, 0) is 44.0 Å². The summed E-state index contributed by atoms with van der Waals surface area (Å²) in [6.45, 7) is 2.29. The number of hydrogen-bond acceptors (Lipinski definition) is 4. The van der Waals surface area contributed by atoms with E-state index >= 15 is 0 Å². The standard InChI is InChI=1S/C15H25N3O2S/c1-11-5-4-6-12(9-11)18(3)13-7-8-15(14(16)10-13)21(19,20)17-2/h7-8,10-12,17H,4-6,9,16H2,1-3H3. The molecule has 1 aliphatic carbocycles. The van der Waals surface area contributed by atoms with Crippen molar-refractivity contribution in [3.05, 3.63) is 18.2 Å². The normalized spacial score (nSPS) is 23.0. The van der Waals surface area contributed by atoms with E-state index in [0.29, 0.717) is 6.04 Å². The first kappa shape index (κ1) is 16.1. The molecule has 118 valence electrons. The highest BCUT2D eigenvalue weighted by atomic mass is 32.2. The van der Waals surface area contributed by atoms with Crippen LogP contribution in [0.5, 0.6) is 0 Å². The summed E-state index contributed by atoms with van der Waals surface area (Å²) < 4.78 is 26.0. The lowest BCUT2D eigenvalue weighted by Crippen LogP contribution is -2.35. The third kappa shape index (κ3) is 3.49. The van der Waals surface area contributed by atoms with Crippen molar-refractivity contribution in [3.8, 4) is 0 Å². The summed E-state index contributed by atoms with van der Waals surface area (Å²) in [5.74, 6) is 0.743. The molecule has 2 unspecified atom stereocenters. The van der Waals surface area contributed by atoms with Crippen LogP contribution in [0.4, 0.5) is 11.4 Å². The molecular weight excluding hydrogens is 286 g/mol. The summed E-state index contributed by atoms with van der Waals surface area (Å²) in [4.78, 5) is 2.36. The van der Waals surface area contributed by atoms with E-state index < -0.39 is 10.0 Å². The maximum Gasteiger partial charge on any atom is 0.242 e. The number of nitrogens with two attached hydrogens (primary N) is 1. The fourth-order valence-electron chi connectivity index (χ4n) is 3.07. The molecule has 0 aromatic heterocycles. The molecule has 0 amide bonds. The second-order valence-electron chi connectivity index (χ2n) is 5.97. The van der Waals surface area contributed by atoms with Crippen molar-refractivity contribution < 1.29 is 8.42 Å². The number of anilines is 2. The second kappa shape index (κ2) is 6.23. The highest BCUT2D eigenvalue weighted by Gasteiger charge is 2.23. The molecule has 0 aliphatic heterocycles. The van der Waals surface area contributed by atoms with Crippen LogP contribution in [0.3, 0.4) is 0 Å².